The summed E-state index contributed by atoms with van der Waals surface area (Å²) in [5.74, 6) is -0.358. The van der Waals surface area contributed by atoms with E-state index >= 15 is 0 Å². The molecule has 0 aromatic heterocycles. The Hall–Kier alpha value is -1.09. The zero-order chi connectivity index (χ0) is 34.4. The van der Waals surface area contributed by atoms with E-state index in [0.29, 0.717) is 13.0 Å². The lowest BCUT2D eigenvalue weighted by atomic mass is 10.1. The number of hydrogen-bond acceptors (Lipinski definition) is 5. The van der Waals surface area contributed by atoms with Crippen LogP contribution in [0.1, 0.15) is 68.7 Å². The summed E-state index contributed by atoms with van der Waals surface area (Å²) in [6.07, 6.45) is 3.81. The van der Waals surface area contributed by atoms with Crippen molar-refractivity contribution in [3.63, 3.8) is 0 Å². The van der Waals surface area contributed by atoms with Gasteiger partial charge in [-0.05, 0) is 57.8 Å². The summed E-state index contributed by atoms with van der Waals surface area (Å²) in [6.45, 7) is 21.1. The number of halogens is 1. The van der Waals surface area contributed by atoms with E-state index in [9.17, 15) is 4.79 Å². The minimum absolute atomic E-state index is 0.0781. The predicted octanol–water partition coefficient (Wildman–Crippen LogP) is 9.27. The van der Waals surface area contributed by atoms with E-state index < -0.39 is 25.0 Å². The topological polar surface area (TPSA) is 54.0 Å². The first-order valence-corrected chi connectivity index (χ1v) is 25.6. The van der Waals surface area contributed by atoms with E-state index in [1.54, 1.807) is 0 Å². The van der Waals surface area contributed by atoms with Crippen LogP contribution < -0.4 is 10.4 Å². The zero-order valence-corrected chi connectivity index (χ0v) is 35.4. The van der Waals surface area contributed by atoms with Crippen LogP contribution in [0.25, 0.3) is 0 Å². The van der Waals surface area contributed by atoms with Crippen LogP contribution in [0.5, 0.6) is 0 Å². The van der Waals surface area contributed by atoms with Crippen LogP contribution in [0.3, 0.4) is 0 Å². The van der Waals surface area contributed by atoms with Gasteiger partial charge in [0.1, 0.15) is 0 Å². The molecule has 0 unspecified atom stereocenters. The van der Waals surface area contributed by atoms with Gasteiger partial charge in [0.15, 0.2) is 16.6 Å². The molecule has 2 aromatic carbocycles. The Labute approximate surface area is 297 Å². The quantitative estimate of drug-likeness (QED) is 0.0440. The SMILES string of the molecule is CC[Si](CC)(CC)O[C@@H](C[C@H](/C=C/C(=O)OC)O[Si](CC)(CC)CC)[C@H](I)CO[Si](c1ccccc1)(c1ccccc1)C(C)(C)C. The highest BCUT2D eigenvalue weighted by Crippen LogP contribution is 2.38. The van der Waals surface area contributed by atoms with Crippen LogP contribution in [0.2, 0.25) is 41.3 Å². The number of carbonyl (C=O) groups is 1. The first kappa shape index (κ1) is 41.1. The molecule has 0 aliphatic carbocycles. The van der Waals surface area contributed by atoms with Crippen LogP contribution in [0, 0.1) is 0 Å². The first-order valence-electron chi connectivity index (χ1n) is 17.4. The maximum atomic E-state index is 12.3. The molecule has 0 aliphatic heterocycles. The highest BCUT2D eigenvalue weighted by Gasteiger charge is 2.51. The monoisotopic (exact) mass is 796 g/mol. The second kappa shape index (κ2) is 19.2. The number of rotatable bonds is 20. The molecule has 0 amide bonds. The maximum absolute atomic E-state index is 12.3. The van der Waals surface area contributed by atoms with Gasteiger partial charge in [-0.25, -0.2) is 4.79 Å². The molecule has 0 saturated heterocycles. The fourth-order valence-corrected chi connectivity index (χ4v) is 18.2. The number of carbonyl (C=O) groups excluding carboxylic acids is 1. The lowest BCUT2D eigenvalue weighted by molar-refractivity contribution is -0.134. The highest BCUT2D eigenvalue weighted by molar-refractivity contribution is 14.1. The number of ether oxygens (including phenoxy) is 1. The lowest BCUT2D eigenvalue weighted by Gasteiger charge is -2.44. The fourth-order valence-electron chi connectivity index (χ4n) is 6.63. The fraction of sp³-hybridized carbons (Fsp3) is 0.595. The van der Waals surface area contributed by atoms with E-state index in [1.165, 1.54) is 23.6 Å². The van der Waals surface area contributed by atoms with E-state index in [-0.39, 0.29) is 27.1 Å². The van der Waals surface area contributed by atoms with Gasteiger partial charge in [0.25, 0.3) is 8.32 Å². The summed E-state index contributed by atoms with van der Waals surface area (Å²) in [5, 5.41) is 2.45. The van der Waals surface area contributed by atoms with Gasteiger partial charge in [-0.3, -0.25) is 0 Å². The summed E-state index contributed by atoms with van der Waals surface area (Å²) < 4.78 is 26.9. The molecule has 2 rings (SSSR count). The molecule has 0 radical (unpaired) electrons. The number of esters is 1. The van der Waals surface area contributed by atoms with Gasteiger partial charge >= 0.3 is 5.97 Å². The van der Waals surface area contributed by atoms with Gasteiger partial charge in [0.05, 0.1) is 23.2 Å². The Morgan fingerprint density at radius 2 is 1.20 bits per heavy atom. The second-order valence-electron chi connectivity index (χ2n) is 13.4. The standard InChI is InChI=1S/C37H61IO5Si3/c1-11-44(12-2,13-3)42-31(27-28-36(39)40-10)29-35(43-45(14-4,15-5)16-6)34(38)30-41-46(37(7,8)9,32-23-19-17-20-24-32)33-25-21-18-22-26-33/h17-28,31,34-35H,11-16,29-30H2,1-10H3/b28-27+/t31-,34+,35-/m0/s1. The molecule has 3 atom stereocenters. The Kier molecular flexibility index (Phi) is 17.1. The van der Waals surface area contributed by atoms with Gasteiger partial charge < -0.3 is 18.0 Å². The van der Waals surface area contributed by atoms with Gasteiger partial charge in [-0.2, -0.15) is 0 Å². The molecule has 46 heavy (non-hydrogen) atoms. The molecule has 258 valence electrons. The summed E-state index contributed by atoms with van der Waals surface area (Å²) in [4.78, 5) is 12.3. The average molecular weight is 797 g/mol. The largest absolute Gasteiger partial charge is 0.466 e. The molecule has 2 aromatic rings. The molecule has 5 nitrogen and oxygen atoms in total. The van der Waals surface area contributed by atoms with E-state index in [0.717, 1.165) is 36.3 Å². The molecule has 0 fully saturated rings. The smallest absolute Gasteiger partial charge is 0.330 e. The minimum atomic E-state index is -2.72. The first-order chi connectivity index (χ1) is 21.8. The molecule has 0 bridgehead atoms. The number of benzene rings is 2. The van der Waals surface area contributed by atoms with Crippen molar-refractivity contribution >= 4 is 63.9 Å². The predicted molar refractivity (Wildman–Crippen MR) is 211 cm³/mol. The molecular formula is C37H61IO5Si3. The van der Waals surface area contributed by atoms with E-state index in [1.807, 2.05) is 6.08 Å². The summed E-state index contributed by atoms with van der Waals surface area (Å²) in [5.41, 5.74) is 0. The molecule has 0 N–H and O–H groups in total. The van der Waals surface area contributed by atoms with Crippen LogP contribution in [-0.2, 0) is 22.8 Å². The maximum Gasteiger partial charge on any atom is 0.330 e. The summed E-state index contributed by atoms with van der Waals surface area (Å²) >= 11 is 2.58. The Morgan fingerprint density at radius 3 is 1.59 bits per heavy atom. The number of methoxy groups -OCH3 is 1. The van der Waals surface area contributed by atoms with Gasteiger partial charge in [0.2, 0.25) is 0 Å². The summed E-state index contributed by atoms with van der Waals surface area (Å²) in [6, 6.07) is 28.0. The zero-order valence-electron chi connectivity index (χ0n) is 30.2. The van der Waals surface area contributed by atoms with Crippen molar-refractivity contribution in [2.75, 3.05) is 13.7 Å². The van der Waals surface area contributed by atoms with Crippen LogP contribution in [0.15, 0.2) is 72.8 Å². The second-order valence-corrected chi connectivity index (χ2v) is 28.8. The highest BCUT2D eigenvalue weighted by atomic mass is 127. The lowest BCUT2D eigenvalue weighted by Crippen LogP contribution is -2.67. The Morgan fingerprint density at radius 1 is 0.761 bits per heavy atom. The number of alkyl halides is 1. The van der Waals surface area contributed by atoms with E-state index in [2.05, 4.69) is 146 Å². The van der Waals surface area contributed by atoms with Crippen molar-refractivity contribution in [3.05, 3.63) is 72.8 Å². The van der Waals surface area contributed by atoms with Crippen molar-refractivity contribution in [2.24, 2.45) is 0 Å². The van der Waals surface area contributed by atoms with Crippen molar-refractivity contribution in [1.29, 1.82) is 0 Å². The third kappa shape index (κ3) is 10.5. The summed E-state index contributed by atoms with van der Waals surface area (Å²) in [7, 11) is -5.28. The molecule has 0 saturated carbocycles. The van der Waals surface area contributed by atoms with Gasteiger partial charge in [-0.15, -0.1) is 0 Å². The Balaban J connectivity index is 2.61. The van der Waals surface area contributed by atoms with Crippen LogP contribution >= 0.6 is 22.6 Å². The minimum Gasteiger partial charge on any atom is -0.466 e. The van der Waals surface area contributed by atoms with Crippen molar-refractivity contribution < 1.29 is 22.8 Å². The Bertz CT molecular complexity index is 1120. The van der Waals surface area contributed by atoms with Crippen LogP contribution in [-0.4, -0.2) is 60.8 Å². The van der Waals surface area contributed by atoms with Crippen LogP contribution in [0.4, 0.5) is 0 Å². The van der Waals surface area contributed by atoms with Gasteiger partial charge in [0, 0.05) is 19.1 Å². The molecular weight excluding hydrogens is 736 g/mol. The van der Waals surface area contributed by atoms with Gasteiger partial charge in [-0.1, -0.05) is 146 Å². The molecule has 9 heteroatoms. The molecule has 0 aliphatic rings. The molecule has 0 heterocycles. The van der Waals surface area contributed by atoms with E-state index in [4.69, 9.17) is 18.0 Å². The third-order valence-electron chi connectivity index (χ3n) is 10.1. The normalized spacial score (nSPS) is 15.1. The van der Waals surface area contributed by atoms with Crippen molar-refractivity contribution in [1.82, 2.24) is 0 Å². The average Bonchev–Trinajstić information content (AvgIpc) is 3.08. The number of hydrogen-bond donors (Lipinski definition) is 0. The van der Waals surface area contributed by atoms with Crippen molar-refractivity contribution in [3.8, 4) is 0 Å². The molecule has 0 spiro atoms. The van der Waals surface area contributed by atoms with Crippen molar-refractivity contribution in [2.45, 2.75) is 126 Å². The third-order valence-corrected chi connectivity index (χ3v) is 25.6.